The SMILES string of the molecule is O=C(O)c1cc(Cl)cc(-c2cncc(F)c2)c1. The zero-order chi connectivity index (χ0) is 12.4. The molecule has 2 rings (SSSR count). The topological polar surface area (TPSA) is 50.2 Å². The molecule has 0 unspecified atom stereocenters. The van der Waals surface area contributed by atoms with Crippen LogP contribution in [0.5, 0.6) is 0 Å². The fraction of sp³-hybridized carbons (Fsp3) is 0. The molecule has 0 aliphatic carbocycles. The molecule has 0 bridgehead atoms. The number of pyridine rings is 1. The van der Waals surface area contributed by atoms with Crippen LogP contribution in [0.15, 0.2) is 36.7 Å². The average Bonchev–Trinajstić information content (AvgIpc) is 2.28. The molecule has 17 heavy (non-hydrogen) atoms. The lowest BCUT2D eigenvalue weighted by atomic mass is 10.0. The van der Waals surface area contributed by atoms with Crippen LogP contribution >= 0.6 is 11.6 Å². The van der Waals surface area contributed by atoms with Crippen LogP contribution in [-0.2, 0) is 0 Å². The third-order valence-corrected chi connectivity index (χ3v) is 2.40. The van der Waals surface area contributed by atoms with E-state index in [0.29, 0.717) is 11.1 Å². The van der Waals surface area contributed by atoms with E-state index in [4.69, 9.17) is 16.7 Å². The van der Waals surface area contributed by atoms with Crippen molar-refractivity contribution in [3.63, 3.8) is 0 Å². The minimum atomic E-state index is -1.09. The summed E-state index contributed by atoms with van der Waals surface area (Å²) in [5.74, 6) is -1.57. The second-order valence-corrected chi connectivity index (χ2v) is 3.86. The van der Waals surface area contributed by atoms with Gasteiger partial charge in [-0.1, -0.05) is 11.6 Å². The van der Waals surface area contributed by atoms with Crippen molar-refractivity contribution in [2.24, 2.45) is 0 Å². The second-order valence-electron chi connectivity index (χ2n) is 3.43. The Kier molecular flexibility index (Phi) is 3.06. The molecule has 0 radical (unpaired) electrons. The number of aromatic nitrogens is 1. The molecule has 1 aromatic heterocycles. The lowest BCUT2D eigenvalue weighted by Crippen LogP contribution is -1.96. The highest BCUT2D eigenvalue weighted by atomic mass is 35.5. The number of benzene rings is 1. The van der Waals surface area contributed by atoms with Crippen molar-refractivity contribution in [3.05, 3.63) is 53.1 Å². The van der Waals surface area contributed by atoms with Gasteiger partial charge in [0.1, 0.15) is 5.82 Å². The highest BCUT2D eigenvalue weighted by Gasteiger charge is 2.08. The predicted octanol–water partition coefficient (Wildman–Crippen LogP) is 3.24. The zero-order valence-electron chi connectivity index (χ0n) is 8.52. The first-order valence-corrected chi connectivity index (χ1v) is 5.09. The number of aromatic carboxylic acids is 1. The van der Waals surface area contributed by atoms with E-state index in [1.807, 2.05) is 0 Å². The van der Waals surface area contributed by atoms with Gasteiger partial charge in [-0.3, -0.25) is 4.98 Å². The minimum Gasteiger partial charge on any atom is -0.478 e. The molecule has 0 aliphatic rings. The Morgan fingerprint density at radius 3 is 2.59 bits per heavy atom. The van der Waals surface area contributed by atoms with Gasteiger partial charge < -0.3 is 5.11 Å². The molecule has 2 aromatic rings. The van der Waals surface area contributed by atoms with E-state index in [1.54, 1.807) is 6.07 Å². The summed E-state index contributed by atoms with van der Waals surface area (Å²) in [6, 6.07) is 5.58. The number of rotatable bonds is 2. The number of carboxylic acid groups (broad SMARTS) is 1. The monoisotopic (exact) mass is 251 g/mol. The number of nitrogens with zero attached hydrogens (tertiary/aromatic N) is 1. The molecule has 1 aromatic carbocycles. The van der Waals surface area contributed by atoms with Gasteiger partial charge in [0.2, 0.25) is 0 Å². The van der Waals surface area contributed by atoms with Gasteiger partial charge in [0, 0.05) is 16.8 Å². The molecule has 0 saturated carbocycles. The Hall–Kier alpha value is -1.94. The molecule has 5 heteroatoms. The standard InChI is InChI=1S/C12H7ClFNO2/c13-10-2-7(1-8(3-10)12(16)17)9-4-11(14)6-15-5-9/h1-6H,(H,16,17). The van der Waals surface area contributed by atoms with Crippen LogP contribution in [0.25, 0.3) is 11.1 Å². The van der Waals surface area contributed by atoms with Gasteiger partial charge in [-0.15, -0.1) is 0 Å². The van der Waals surface area contributed by atoms with E-state index in [9.17, 15) is 9.18 Å². The summed E-state index contributed by atoms with van der Waals surface area (Å²) in [5, 5.41) is 9.17. The molecule has 0 spiro atoms. The van der Waals surface area contributed by atoms with Gasteiger partial charge in [0.15, 0.2) is 0 Å². The number of hydrogen-bond donors (Lipinski definition) is 1. The van der Waals surface area contributed by atoms with Crippen molar-refractivity contribution in [3.8, 4) is 11.1 Å². The van der Waals surface area contributed by atoms with Crippen molar-refractivity contribution in [2.75, 3.05) is 0 Å². The molecule has 0 aliphatic heterocycles. The van der Waals surface area contributed by atoms with E-state index < -0.39 is 11.8 Å². The molecule has 0 atom stereocenters. The quantitative estimate of drug-likeness (QED) is 0.891. The molecule has 0 fully saturated rings. The summed E-state index contributed by atoms with van der Waals surface area (Å²) in [4.78, 5) is 14.6. The van der Waals surface area contributed by atoms with E-state index in [-0.39, 0.29) is 10.6 Å². The van der Waals surface area contributed by atoms with Crippen molar-refractivity contribution in [2.45, 2.75) is 0 Å². The van der Waals surface area contributed by atoms with Crippen LogP contribution in [0.1, 0.15) is 10.4 Å². The smallest absolute Gasteiger partial charge is 0.335 e. The Morgan fingerprint density at radius 1 is 1.18 bits per heavy atom. The fourth-order valence-electron chi connectivity index (χ4n) is 1.45. The zero-order valence-corrected chi connectivity index (χ0v) is 9.28. The summed E-state index contributed by atoms with van der Waals surface area (Å²) < 4.78 is 13.0. The van der Waals surface area contributed by atoms with Gasteiger partial charge in [0.25, 0.3) is 0 Å². The Labute approximate surface area is 101 Å². The molecular weight excluding hydrogens is 245 g/mol. The third-order valence-electron chi connectivity index (χ3n) is 2.18. The molecule has 3 nitrogen and oxygen atoms in total. The highest BCUT2D eigenvalue weighted by molar-refractivity contribution is 6.31. The first-order valence-electron chi connectivity index (χ1n) is 4.71. The maximum atomic E-state index is 13.0. The Morgan fingerprint density at radius 2 is 1.94 bits per heavy atom. The predicted molar refractivity (Wildman–Crippen MR) is 61.6 cm³/mol. The lowest BCUT2D eigenvalue weighted by Gasteiger charge is -2.04. The first-order chi connectivity index (χ1) is 8.06. The Bertz CT molecular complexity index is 586. The van der Waals surface area contributed by atoms with Gasteiger partial charge >= 0.3 is 5.97 Å². The summed E-state index contributed by atoms with van der Waals surface area (Å²) in [6.07, 6.45) is 2.52. The van der Waals surface area contributed by atoms with Crippen LogP contribution in [-0.4, -0.2) is 16.1 Å². The van der Waals surface area contributed by atoms with Crippen molar-refractivity contribution >= 4 is 17.6 Å². The minimum absolute atomic E-state index is 0.0526. The van der Waals surface area contributed by atoms with Gasteiger partial charge in [-0.2, -0.15) is 0 Å². The molecule has 1 N–H and O–H groups in total. The molecule has 0 saturated heterocycles. The van der Waals surface area contributed by atoms with Crippen LogP contribution in [0.4, 0.5) is 4.39 Å². The number of halogens is 2. The maximum Gasteiger partial charge on any atom is 0.335 e. The second kappa shape index (κ2) is 4.51. The summed E-state index contributed by atoms with van der Waals surface area (Å²) in [7, 11) is 0. The third kappa shape index (κ3) is 2.60. The van der Waals surface area contributed by atoms with Gasteiger partial charge in [0.05, 0.1) is 11.8 Å². The molecular formula is C12H7ClFNO2. The van der Waals surface area contributed by atoms with Gasteiger partial charge in [-0.05, 0) is 29.8 Å². The summed E-state index contributed by atoms with van der Waals surface area (Å²) >= 11 is 5.81. The number of hydrogen-bond acceptors (Lipinski definition) is 2. The average molecular weight is 252 g/mol. The molecule has 86 valence electrons. The van der Waals surface area contributed by atoms with E-state index in [0.717, 1.165) is 6.20 Å². The first kappa shape index (κ1) is 11.5. The fourth-order valence-corrected chi connectivity index (χ4v) is 1.68. The van der Waals surface area contributed by atoms with Crippen molar-refractivity contribution < 1.29 is 14.3 Å². The van der Waals surface area contributed by atoms with E-state index in [1.165, 1.54) is 24.4 Å². The van der Waals surface area contributed by atoms with Crippen LogP contribution in [0.2, 0.25) is 5.02 Å². The van der Waals surface area contributed by atoms with Crippen molar-refractivity contribution in [1.29, 1.82) is 0 Å². The largest absolute Gasteiger partial charge is 0.478 e. The van der Waals surface area contributed by atoms with Crippen LogP contribution in [0.3, 0.4) is 0 Å². The van der Waals surface area contributed by atoms with E-state index >= 15 is 0 Å². The molecule has 1 heterocycles. The Balaban J connectivity index is 2.56. The molecule has 0 amide bonds. The van der Waals surface area contributed by atoms with Gasteiger partial charge in [-0.25, -0.2) is 9.18 Å². The summed E-state index contributed by atoms with van der Waals surface area (Å²) in [6.45, 7) is 0. The maximum absolute atomic E-state index is 13.0. The normalized spacial score (nSPS) is 10.2. The highest BCUT2D eigenvalue weighted by Crippen LogP contribution is 2.24. The van der Waals surface area contributed by atoms with Crippen LogP contribution < -0.4 is 0 Å². The van der Waals surface area contributed by atoms with Crippen LogP contribution in [0, 0.1) is 5.82 Å². The van der Waals surface area contributed by atoms with E-state index in [2.05, 4.69) is 4.98 Å². The number of carbonyl (C=O) groups is 1. The lowest BCUT2D eigenvalue weighted by molar-refractivity contribution is 0.0697. The number of carboxylic acids is 1. The van der Waals surface area contributed by atoms with Crippen molar-refractivity contribution in [1.82, 2.24) is 4.98 Å². The summed E-state index contributed by atoms with van der Waals surface area (Å²) in [5.41, 5.74) is 1.05.